The first-order chi connectivity index (χ1) is 15.2. The number of rotatable bonds is 6. The lowest BCUT2D eigenvalue weighted by Gasteiger charge is -2.48. The van der Waals surface area contributed by atoms with Gasteiger partial charge in [-0.05, 0) is 49.0 Å². The molecule has 3 aromatic rings. The van der Waals surface area contributed by atoms with Crippen molar-refractivity contribution >= 4 is 20.1 Å². The number of hydrogen-bond acceptors (Lipinski definition) is 3. The third-order valence-electron chi connectivity index (χ3n) is 6.57. The number of H-pyrrole nitrogens is 1. The average Bonchev–Trinajstić information content (AvgIpc) is 3.08. The smallest absolute Gasteiger partial charge is 0.326 e. The second kappa shape index (κ2) is 9.38. The Morgan fingerprint density at radius 2 is 1.78 bits per heavy atom. The Hall–Kier alpha value is -2.15. The first kappa shape index (κ1) is 23.0. The van der Waals surface area contributed by atoms with E-state index in [4.69, 9.17) is 4.43 Å². The van der Waals surface area contributed by atoms with Gasteiger partial charge in [-0.15, -0.1) is 0 Å². The number of aromatic amines is 1. The number of piperidine rings is 1. The number of fused-ring (bicyclic) bond motifs is 1. The molecule has 0 aliphatic carbocycles. The minimum absolute atomic E-state index is 0.00193. The van der Waals surface area contributed by atoms with Gasteiger partial charge in [0.25, 0.3) is 0 Å². The van der Waals surface area contributed by atoms with Crippen LogP contribution in [0.3, 0.4) is 0 Å². The van der Waals surface area contributed by atoms with Crippen molar-refractivity contribution < 1.29 is 4.43 Å². The van der Waals surface area contributed by atoms with E-state index >= 15 is 0 Å². The zero-order valence-corrected chi connectivity index (χ0v) is 21.2. The van der Waals surface area contributed by atoms with Crippen molar-refractivity contribution in [2.45, 2.75) is 71.4 Å². The van der Waals surface area contributed by atoms with Crippen molar-refractivity contribution in [3.8, 4) is 0 Å². The Kier molecular flexibility index (Phi) is 6.74. The zero-order valence-electron chi connectivity index (χ0n) is 20.0. The minimum atomic E-state index is -1.24. The normalized spacial score (nSPS) is 21.3. The summed E-state index contributed by atoms with van der Waals surface area (Å²) < 4.78 is 8.70. The quantitative estimate of drug-likeness (QED) is 0.540. The third-order valence-corrected chi connectivity index (χ3v) is 7.41. The van der Waals surface area contributed by atoms with Crippen molar-refractivity contribution in [3.63, 3.8) is 0 Å². The third kappa shape index (κ3) is 4.92. The predicted octanol–water partition coefficient (Wildman–Crippen LogP) is 4.95. The van der Waals surface area contributed by atoms with Crippen molar-refractivity contribution in [2.75, 3.05) is 6.54 Å². The Labute approximate surface area is 193 Å². The second-order valence-electron chi connectivity index (χ2n) is 10.5. The Morgan fingerprint density at radius 1 is 1.09 bits per heavy atom. The molecule has 1 aromatic heterocycles. The standard InChI is InChI=1S/C26H37N3O2Si/c1-26(2,3)24(31-32(4)5)23-17-20(15-16-28(23)18-19-11-7-6-8-12-19)29-22-14-10-9-13-21(22)27-25(29)30/h6-14,20,23-24,32H,15-18H2,1-5H3,(H,27,30). The van der Waals surface area contributed by atoms with Crippen LogP contribution in [0.15, 0.2) is 59.4 Å². The molecule has 1 saturated heterocycles. The number of benzene rings is 2. The summed E-state index contributed by atoms with van der Waals surface area (Å²) in [6.07, 6.45) is 2.00. The molecule has 1 fully saturated rings. The largest absolute Gasteiger partial charge is 0.416 e. The summed E-state index contributed by atoms with van der Waals surface area (Å²) >= 11 is 0. The molecule has 1 aliphatic rings. The topological polar surface area (TPSA) is 50.3 Å². The lowest BCUT2D eigenvalue weighted by molar-refractivity contribution is -0.0329. The van der Waals surface area contributed by atoms with E-state index in [1.54, 1.807) is 0 Å². The molecule has 32 heavy (non-hydrogen) atoms. The van der Waals surface area contributed by atoms with Crippen LogP contribution in [-0.4, -0.2) is 42.2 Å². The van der Waals surface area contributed by atoms with E-state index in [2.05, 4.69) is 80.1 Å². The highest BCUT2D eigenvalue weighted by Gasteiger charge is 2.41. The molecule has 2 heterocycles. The van der Waals surface area contributed by atoms with Gasteiger partial charge >= 0.3 is 5.69 Å². The minimum Gasteiger partial charge on any atom is -0.416 e. The molecule has 3 unspecified atom stereocenters. The van der Waals surface area contributed by atoms with E-state index in [0.29, 0.717) is 0 Å². The molecule has 0 spiro atoms. The number of nitrogens with one attached hydrogen (secondary N) is 1. The van der Waals surface area contributed by atoms with Gasteiger partial charge in [0.2, 0.25) is 0 Å². The molecular formula is C26H37N3O2Si. The van der Waals surface area contributed by atoms with Gasteiger partial charge < -0.3 is 9.41 Å². The lowest BCUT2D eigenvalue weighted by Crippen LogP contribution is -2.55. The lowest BCUT2D eigenvalue weighted by atomic mass is 9.79. The van der Waals surface area contributed by atoms with E-state index < -0.39 is 9.04 Å². The average molecular weight is 452 g/mol. The summed E-state index contributed by atoms with van der Waals surface area (Å²) in [5.74, 6) is 0. The van der Waals surface area contributed by atoms with Crippen LogP contribution in [0, 0.1) is 5.41 Å². The fraction of sp³-hybridized carbons (Fsp3) is 0.500. The maximum absolute atomic E-state index is 12.9. The van der Waals surface area contributed by atoms with Crippen molar-refractivity contribution in [3.05, 3.63) is 70.6 Å². The van der Waals surface area contributed by atoms with Gasteiger partial charge in [-0.25, -0.2) is 4.79 Å². The van der Waals surface area contributed by atoms with Gasteiger partial charge in [-0.2, -0.15) is 0 Å². The van der Waals surface area contributed by atoms with Crippen LogP contribution in [0.1, 0.15) is 45.2 Å². The molecule has 172 valence electrons. The van der Waals surface area contributed by atoms with Crippen molar-refractivity contribution in [1.82, 2.24) is 14.5 Å². The van der Waals surface area contributed by atoms with E-state index in [1.165, 1.54) is 5.56 Å². The summed E-state index contributed by atoms with van der Waals surface area (Å²) in [6, 6.07) is 19.2. The Morgan fingerprint density at radius 3 is 2.47 bits per heavy atom. The zero-order chi connectivity index (χ0) is 22.9. The molecule has 1 aliphatic heterocycles. The maximum atomic E-state index is 12.9. The molecule has 2 aromatic carbocycles. The highest BCUT2D eigenvalue weighted by Crippen LogP contribution is 2.37. The summed E-state index contributed by atoms with van der Waals surface area (Å²) in [5.41, 5.74) is 3.26. The predicted molar refractivity (Wildman–Crippen MR) is 135 cm³/mol. The SMILES string of the molecule is C[SiH](C)OC(C1CC(n2c(=O)[nH]c3ccccc32)CCN1Cc1ccccc1)C(C)(C)C. The summed E-state index contributed by atoms with van der Waals surface area (Å²) in [5, 5.41) is 0. The number of nitrogens with zero attached hydrogens (tertiary/aromatic N) is 2. The van der Waals surface area contributed by atoms with Gasteiger partial charge in [0, 0.05) is 25.2 Å². The molecule has 0 bridgehead atoms. The number of likely N-dealkylation sites (tertiary alicyclic amines) is 1. The van der Waals surface area contributed by atoms with Crippen molar-refractivity contribution in [1.29, 1.82) is 0 Å². The van der Waals surface area contributed by atoms with Crippen LogP contribution >= 0.6 is 0 Å². The number of para-hydroxylation sites is 2. The van der Waals surface area contributed by atoms with Crippen LogP contribution in [0.2, 0.25) is 13.1 Å². The molecule has 1 N–H and O–H groups in total. The molecule has 4 rings (SSSR count). The second-order valence-corrected chi connectivity index (χ2v) is 12.9. The summed E-state index contributed by atoms with van der Waals surface area (Å²) in [6.45, 7) is 13.2. The van der Waals surface area contributed by atoms with Crippen LogP contribution in [0.4, 0.5) is 0 Å². The molecular weight excluding hydrogens is 414 g/mol. The molecule has 0 amide bonds. The van der Waals surface area contributed by atoms with Gasteiger partial charge in [0.1, 0.15) is 0 Å². The summed E-state index contributed by atoms with van der Waals surface area (Å²) in [4.78, 5) is 18.6. The first-order valence-corrected chi connectivity index (χ1v) is 14.6. The fourth-order valence-electron chi connectivity index (χ4n) is 5.19. The molecule has 5 nitrogen and oxygen atoms in total. The van der Waals surface area contributed by atoms with Crippen LogP contribution in [0.25, 0.3) is 11.0 Å². The van der Waals surface area contributed by atoms with Crippen LogP contribution in [-0.2, 0) is 11.0 Å². The molecule has 0 saturated carbocycles. The highest BCUT2D eigenvalue weighted by molar-refractivity contribution is 6.48. The van der Waals surface area contributed by atoms with Crippen LogP contribution in [0.5, 0.6) is 0 Å². The molecule has 0 radical (unpaired) electrons. The Bertz CT molecular complexity index is 1080. The van der Waals surface area contributed by atoms with E-state index in [1.807, 2.05) is 22.8 Å². The number of aromatic nitrogens is 2. The van der Waals surface area contributed by atoms with E-state index in [-0.39, 0.29) is 29.3 Å². The van der Waals surface area contributed by atoms with Gasteiger partial charge in [0.05, 0.1) is 17.1 Å². The molecule has 3 atom stereocenters. The van der Waals surface area contributed by atoms with E-state index in [0.717, 1.165) is 37.0 Å². The number of hydrogen-bond donors (Lipinski definition) is 1. The number of imidazole rings is 1. The van der Waals surface area contributed by atoms with E-state index in [9.17, 15) is 4.79 Å². The highest BCUT2D eigenvalue weighted by atomic mass is 28.3. The maximum Gasteiger partial charge on any atom is 0.326 e. The molecule has 6 heteroatoms. The van der Waals surface area contributed by atoms with Gasteiger partial charge in [0.15, 0.2) is 9.04 Å². The van der Waals surface area contributed by atoms with Crippen molar-refractivity contribution in [2.24, 2.45) is 5.41 Å². The van der Waals surface area contributed by atoms with Gasteiger partial charge in [-0.3, -0.25) is 9.47 Å². The summed E-state index contributed by atoms with van der Waals surface area (Å²) in [7, 11) is -1.24. The van der Waals surface area contributed by atoms with Crippen LogP contribution < -0.4 is 5.69 Å². The first-order valence-electron chi connectivity index (χ1n) is 11.9. The van der Waals surface area contributed by atoms with Gasteiger partial charge in [-0.1, -0.05) is 63.2 Å². The fourth-order valence-corrected chi connectivity index (χ4v) is 6.37. The Balaban J connectivity index is 1.70. The monoisotopic (exact) mass is 451 g/mol.